The minimum Gasteiger partial charge on any atom is -0.462 e. The maximum absolute atomic E-state index is 12.5. The van der Waals surface area contributed by atoms with Crippen LogP contribution in [0.5, 0.6) is 0 Å². The van der Waals surface area contributed by atoms with E-state index in [-0.39, 0.29) is 38.6 Å². The summed E-state index contributed by atoms with van der Waals surface area (Å²) in [4.78, 5) is 34.8. The first-order chi connectivity index (χ1) is 24.2. The van der Waals surface area contributed by atoms with E-state index in [0.29, 0.717) is 6.42 Å². The van der Waals surface area contributed by atoms with Gasteiger partial charge in [-0.3, -0.25) is 18.6 Å². The molecule has 0 heterocycles. The van der Waals surface area contributed by atoms with Crippen molar-refractivity contribution in [1.82, 2.24) is 0 Å². The summed E-state index contributed by atoms with van der Waals surface area (Å²) in [5.41, 5.74) is 5.34. The SMILES string of the molecule is CCCCCCCCCCCCCCCC(=O)OC(COC(=O)CCCCCCCCC(C)CCCCCCCC)COP(=O)(O)OCCN. The third kappa shape index (κ3) is 35.4. The highest BCUT2D eigenvalue weighted by Gasteiger charge is 2.26. The van der Waals surface area contributed by atoms with Crippen LogP contribution in [0.4, 0.5) is 0 Å². The molecule has 0 radical (unpaired) electrons. The van der Waals surface area contributed by atoms with Gasteiger partial charge in [0.05, 0.1) is 13.2 Å². The lowest BCUT2D eigenvalue weighted by atomic mass is 9.96. The Labute approximate surface area is 307 Å². The zero-order chi connectivity index (χ0) is 37.0. The minimum atomic E-state index is -4.37. The number of unbranched alkanes of at least 4 members (excludes halogenated alkanes) is 22. The lowest BCUT2D eigenvalue weighted by molar-refractivity contribution is -0.161. The third-order valence-electron chi connectivity index (χ3n) is 9.39. The number of phosphoric ester groups is 1. The maximum Gasteiger partial charge on any atom is 0.472 e. The smallest absolute Gasteiger partial charge is 0.462 e. The van der Waals surface area contributed by atoms with Crippen molar-refractivity contribution in [3.05, 3.63) is 0 Å². The van der Waals surface area contributed by atoms with Crippen LogP contribution in [-0.2, 0) is 32.7 Å². The molecule has 0 aliphatic carbocycles. The molecular weight excluding hydrogens is 653 g/mol. The average Bonchev–Trinajstić information content (AvgIpc) is 3.09. The standard InChI is InChI=1S/C40H80NO8P/c1-4-6-8-10-12-13-14-15-16-17-18-24-28-32-40(43)49-38(36-48-50(44,45)47-34-33-41)35-46-39(42)31-27-23-20-19-22-26-30-37(3)29-25-21-11-9-7-5-2/h37-38H,4-36,41H2,1-3H3,(H,44,45). The Balaban J connectivity index is 4.19. The van der Waals surface area contributed by atoms with Gasteiger partial charge in [-0.25, -0.2) is 4.57 Å². The second kappa shape index (κ2) is 36.4. The van der Waals surface area contributed by atoms with Gasteiger partial charge in [0.2, 0.25) is 0 Å². The first kappa shape index (κ1) is 49.0. The molecule has 0 saturated carbocycles. The van der Waals surface area contributed by atoms with Crippen LogP contribution >= 0.6 is 7.82 Å². The van der Waals surface area contributed by atoms with E-state index in [0.717, 1.165) is 38.0 Å². The molecule has 0 bridgehead atoms. The lowest BCUT2D eigenvalue weighted by Crippen LogP contribution is -2.29. The predicted octanol–water partition coefficient (Wildman–Crippen LogP) is 11.5. The molecule has 0 aliphatic heterocycles. The summed E-state index contributed by atoms with van der Waals surface area (Å²) in [6.07, 6.45) is 32.6. The molecule has 0 spiro atoms. The molecule has 3 unspecified atom stereocenters. The summed E-state index contributed by atoms with van der Waals surface area (Å²) in [6, 6.07) is 0. The molecule has 0 aromatic rings. The fourth-order valence-electron chi connectivity index (χ4n) is 6.18. The van der Waals surface area contributed by atoms with Crippen molar-refractivity contribution >= 4 is 19.8 Å². The number of carbonyl (C=O) groups is 2. The van der Waals surface area contributed by atoms with E-state index in [1.54, 1.807) is 0 Å². The molecule has 0 rings (SSSR count). The maximum atomic E-state index is 12.5. The Morgan fingerprint density at radius 2 is 0.980 bits per heavy atom. The summed E-state index contributed by atoms with van der Waals surface area (Å²) in [5, 5.41) is 0. The van der Waals surface area contributed by atoms with Gasteiger partial charge in [-0.15, -0.1) is 0 Å². The molecule has 0 saturated heterocycles. The summed E-state index contributed by atoms with van der Waals surface area (Å²) in [5.74, 6) is -0.00534. The Kier molecular flexibility index (Phi) is 35.7. The van der Waals surface area contributed by atoms with Crippen molar-refractivity contribution in [2.24, 2.45) is 11.7 Å². The van der Waals surface area contributed by atoms with Gasteiger partial charge in [0.25, 0.3) is 0 Å². The van der Waals surface area contributed by atoms with Gasteiger partial charge in [-0.05, 0) is 18.8 Å². The van der Waals surface area contributed by atoms with Gasteiger partial charge in [-0.2, -0.15) is 0 Å². The summed E-state index contributed by atoms with van der Waals surface area (Å²) in [6.45, 7) is 6.14. The Bertz CT molecular complexity index is 814. The number of hydrogen-bond donors (Lipinski definition) is 2. The Morgan fingerprint density at radius 1 is 0.580 bits per heavy atom. The lowest BCUT2D eigenvalue weighted by Gasteiger charge is -2.19. The number of nitrogens with two attached hydrogens (primary N) is 1. The monoisotopic (exact) mass is 734 g/mol. The largest absolute Gasteiger partial charge is 0.472 e. The molecule has 0 fully saturated rings. The topological polar surface area (TPSA) is 134 Å². The third-order valence-corrected chi connectivity index (χ3v) is 10.4. The molecule has 10 heteroatoms. The van der Waals surface area contributed by atoms with E-state index in [4.69, 9.17) is 24.3 Å². The number of hydrogen-bond acceptors (Lipinski definition) is 8. The van der Waals surface area contributed by atoms with Gasteiger partial charge in [0, 0.05) is 19.4 Å². The second-order valence-corrected chi connectivity index (χ2v) is 15.9. The molecule has 0 aromatic carbocycles. The van der Waals surface area contributed by atoms with Crippen LogP contribution in [-0.4, -0.2) is 49.3 Å². The number of carbonyl (C=O) groups excluding carboxylic acids is 2. The van der Waals surface area contributed by atoms with Crippen LogP contribution in [0.25, 0.3) is 0 Å². The van der Waals surface area contributed by atoms with E-state index in [1.165, 1.54) is 135 Å². The highest BCUT2D eigenvalue weighted by molar-refractivity contribution is 7.47. The second-order valence-electron chi connectivity index (χ2n) is 14.5. The van der Waals surface area contributed by atoms with E-state index in [1.807, 2.05) is 0 Å². The van der Waals surface area contributed by atoms with Gasteiger partial charge < -0.3 is 20.1 Å². The zero-order valence-electron chi connectivity index (χ0n) is 32.8. The number of phosphoric acid groups is 1. The number of esters is 2. The molecule has 9 nitrogen and oxygen atoms in total. The van der Waals surface area contributed by atoms with Crippen molar-refractivity contribution in [3.8, 4) is 0 Å². The highest BCUT2D eigenvalue weighted by atomic mass is 31.2. The number of rotatable bonds is 39. The van der Waals surface area contributed by atoms with Crippen LogP contribution in [0.15, 0.2) is 0 Å². The summed E-state index contributed by atoms with van der Waals surface area (Å²) < 4.78 is 32.8. The van der Waals surface area contributed by atoms with Crippen LogP contribution in [0.2, 0.25) is 0 Å². The van der Waals surface area contributed by atoms with Crippen molar-refractivity contribution in [1.29, 1.82) is 0 Å². The zero-order valence-corrected chi connectivity index (χ0v) is 33.7. The van der Waals surface area contributed by atoms with Crippen molar-refractivity contribution < 1.29 is 37.6 Å². The summed E-state index contributed by atoms with van der Waals surface area (Å²) >= 11 is 0. The van der Waals surface area contributed by atoms with Gasteiger partial charge in [-0.1, -0.05) is 181 Å². The average molecular weight is 734 g/mol. The molecule has 3 atom stereocenters. The van der Waals surface area contributed by atoms with Crippen LogP contribution in [0.1, 0.15) is 207 Å². The molecule has 0 amide bonds. The van der Waals surface area contributed by atoms with E-state index in [2.05, 4.69) is 20.8 Å². The molecule has 0 aromatic heterocycles. The van der Waals surface area contributed by atoms with Crippen molar-refractivity contribution in [3.63, 3.8) is 0 Å². The van der Waals surface area contributed by atoms with Crippen LogP contribution in [0.3, 0.4) is 0 Å². The van der Waals surface area contributed by atoms with E-state index in [9.17, 15) is 19.0 Å². The normalized spacial score (nSPS) is 13.9. The van der Waals surface area contributed by atoms with Crippen molar-refractivity contribution in [2.45, 2.75) is 213 Å². The molecule has 298 valence electrons. The van der Waals surface area contributed by atoms with Gasteiger partial charge >= 0.3 is 19.8 Å². The fourth-order valence-corrected chi connectivity index (χ4v) is 6.94. The quantitative estimate of drug-likeness (QED) is 0.0359. The van der Waals surface area contributed by atoms with Gasteiger partial charge in [0.15, 0.2) is 6.10 Å². The summed E-state index contributed by atoms with van der Waals surface area (Å²) in [7, 11) is -4.37. The van der Waals surface area contributed by atoms with E-state index >= 15 is 0 Å². The fraction of sp³-hybridized carbons (Fsp3) is 0.950. The Morgan fingerprint density at radius 3 is 1.42 bits per heavy atom. The van der Waals surface area contributed by atoms with Crippen LogP contribution < -0.4 is 5.73 Å². The Hall–Kier alpha value is -0.990. The van der Waals surface area contributed by atoms with Crippen LogP contribution in [0, 0.1) is 5.92 Å². The number of ether oxygens (including phenoxy) is 2. The first-order valence-corrected chi connectivity index (χ1v) is 22.4. The molecule has 3 N–H and O–H groups in total. The van der Waals surface area contributed by atoms with Gasteiger partial charge in [0.1, 0.15) is 6.61 Å². The molecule has 0 aliphatic rings. The minimum absolute atomic E-state index is 0.0571. The molecular formula is C40H80NO8P. The molecule has 50 heavy (non-hydrogen) atoms. The first-order valence-electron chi connectivity index (χ1n) is 20.9. The highest BCUT2D eigenvalue weighted by Crippen LogP contribution is 2.43. The van der Waals surface area contributed by atoms with E-state index < -0.39 is 26.5 Å². The predicted molar refractivity (Wildman–Crippen MR) is 206 cm³/mol. The van der Waals surface area contributed by atoms with Crippen molar-refractivity contribution in [2.75, 3.05) is 26.4 Å².